The van der Waals surface area contributed by atoms with Gasteiger partial charge in [-0.2, -0.15) is 0 Å². The lowest BCUT2D eigenvalue weighted by Crippen LogP contribution is -2.32. The molecule has 0 spiro atoms. The van der Waals surface area contributed by atoms with E-state index < -0.39 is 24.0 Å². The maximum absolute atomic E-state index is 11.2. The molecule has 0 aliphatic heterocycles. The smallest absolute Gasteiger partial charge is 0.328 e. The molecule has 6 nitrogen and oxygen atoms in total. The first kappa shape index (κ1) is 10.7. The summed E-state index contributed by atoms with van der Waals surface area (Å²) in [6.07, 6.45) is 0.397. The molecule has 6 heteroatoms. The van der Waals surface area contributed by atoms with E-state index in [9.17, 15) is 9.59 Å². The van der Waals surface area contributed by atoms with Crippen LogP contribution in [-0.4, -0.2) is 32.5 Å². The molecule has 0 aliphatic carbocycles. The summed E-state index contributed by atoms with van der Waals surface area (Å²) >= 11 is 0. The first-order valence-electron chi connectivity index (χ1n) is 4.12. The number of rotatable bonds is 3. The number of aromatic amines is 1. The van der Waals surface area contributed by atoms with Crippen molar-refractivity contribution in [3.05, 3.63) is 32.6 Å². The maximum Gasteiger partial charge on any atom is 0.328 e. The number of aliphatic hydroxyl groups excluding tert-OH is 2. The number of aromatic nitrogens is 2. The molecule has 0 aromatic carbocycles. The third-order valence-electron chi connectivity index (χ3n) is 1.85. The summed E-state index contributed by atoms with van der Waals surface area (Å²) in [4.78, 5) is 24.2. The van der Waals surface area contributed by atoms with Gasteiger partial charge in [0.05, 0.1) is 12.7 Å². The Hall–Kier alpha value is -1.40. The highest BCUT2D eigenvalue weighted by molar-refractivity contribution is 5.05. The fourth-order valence-electron chi connectivity index (χ4n) is 1.08. The van der Waals surface area contributed by atoms with Gasteiger partial charge in [0.1, 0.15) is 0 Å². The van der Waals surface area contributed by atoms with Crippen LogP contribution in [0.4, 0.5) is 0 Å². The molecule has 1 rings (SSSR count). The van der Waals surface area contributed by atoms with Crippen molar-refractivity contribution in [2.75, 3.05) is 6.61 Å². The first-order valence-corrected chi connectivity index (χ1v) is 4.12. The number of H-pyrrole nitrogens is 1. The van der Waals surface area contributed by atoms with Gasteiger partial charge in [0.15, 0.2) is 0 Å². The summed E-state index contributed by atoms with van der Waals surface area (Å²) in [6, 6.07) is 0. The van der Waals surface area contributed by atoms with Crippen LogP contribution >= 0.6 is 0 Å². The van der Waals surface area contributed by atoms with Crippen molar-refractivity contribution in [1.82, 2.24) is 9.55 Å². The van der Waals surface area contributed by atoms with Crippen LogP contribution in [0.1, 0.15) is 5.56 Å². The molecular formula is C8H12N2O4. The average Bonchev–Trinajstić information content (AvgIpc) is 2.14. The van der Waals surface area contributed by atoms with Gasteiger partial charge < -0.3 is 14.8 Å². The van der Waals surface area contributed by atoms with Crippen LogP contribution in [0.2, 0.25) is 0 Å². The highest BCUT2D eigenvalue weighted by Gasteiger charge is 2.08. The van der Waals surface area contributed by atoms with E-state index in [2.05, 4.69) is 4.98 Å². The molecule has 1 atom stereocenters. The molecule has 0 saturated carbocycles. The van der Waals surface area contributed by atoms with Crippen molar-refractivity contribution in [1.29, 1.82) is 0 Å². The number of hydrogen-bond donors (Lipinski definition) is 3. The monoisotopic (exact) mass is 200 g/mol. The highest BCUT2D eigenvalue weighted by Crippen LogP contribution is 1.94. The van der Waals surface area contributed by atoms with Gasteiger partial charge >= 0.3 is 5.69 Å². The van der Waals surface area contributed by atoms with Crippen molar-refractivity contribution in [3.63, 3.8) is 0 Å². The van der Waals surface area contributed by atoms with Crippen LogP contribution in [0, 0.1) is 0 Å². The van der Waals surface area contributed by atoms with E-state index in [4.69, 9.17) is 10.2 Å². The molecule has 0 saturated heterocycles. The Morgan fingerprint density at radius 1 is 1.57 bits per heavy atom. The van der Waals surface area contributed by atoms with Crippen molar-refractivity contribution < 1.29 is 10.2 Å². The number of nitrogens with one attached hydrogen (secondary N) is 1. The molecular weight excluding hydrogens is 188 g/mol. The van der Waals surface area contributed by atoms with Crippen LogP contribution < -0.4 is 11.2 Å². The molecule has 1 aromatic rings. The predicted octanol–water partition coefficient (Wildman–Crippen LogP) is -2.03. The molecule has 1 aromatic heterocycles. The second kappa shape index (κ2) is 4.21. The Balaban J connectivity index is 3.04. The zero-order chi connectivity index (χ0) is 10.7. The largest absolute Gasteiger partial charge is 0.394 e. The van der Waals surface area contributed by atoms with Gasteiger partial charge in [-0.1, -0.05) is 0 Å². The molecule has 0 aliphatic rings. The predicted molar refractivity (Wildman–Crippen MR) is 49.1 cm³/mol. The minimum absolute atomic E-state index is 0.0277. The lowest BCUT2D eigenvalue weighted by atomic mass is 10.1. The summed E-state index contributed by atoms with van der Waals surface area (Å²) in [6.45, 7) is -0.414. The van der Waals surface area contributed by atoms with Crippen LogP contribution in [0.25, 0.3) is 0 Å². The third kappa shape index (κ3) is 2.30. The van der Waals surface area contributed by atoms with E-state index >= 15 is 0 Å². The maximum atomic E-state index is 11.2. The van der Waals surface area contributed by atoms with Gasteiger partial charge in [-0.15, -0.1) is 0 Å². The molecule has 78 valence electrons. The van der Waals surface area contributed by atoms with Crippen molar-refractivity contribution >= 4 is 0 Å². The Kier molecular flexibility index (Phi) is 3.21. The van der Waals surface area contributed by atoms with E-state index in [1.54, 1.807) is 0 Å². The molecule has 0 amide bonds. The van der Waals surface area contributed by atoms with Crippen molar-refractivity contribution in [2.24, 2.45) is 7.05 Å². The molecule has 1 unspecified atom stereocenters. The Morgan fingerprint density at radius 2 is 2.21 bits per heavy atom. The summed E-state index contributed by atoms with van der Waals surface area (Å²) in [5, 5.41) is 17.7. The Morgan fingerprint density at radius 3 is 2.79 bits per heavy atom. The standard InChI is InChI=1S/C8H12N2O4/c1-10-3-5(2-6(12)4-11)7(13)9-8(10)14/h3,6,11-12H,2,4H2,1H3,(H,9,13,14). The Bertz CT molecular complexity index is 420. The van der Waals surface area contributed by atoms with Crippen LogP contribution in [0.15, 0.2) is 15.8 Å². The number of nitrogens with zero attached hydrogens (tertiary/aromatic N) is 1. The fraction of sp³-hybridized carbons (Fsp3) is 0.500. The van der Waals surface area contributed by atoms with Gasteiger partial charge in [0, 0.05) is 25.2 Å². The molecule has 14 heavy (non-hydrogen) atoms. The van der Waals surface area contributed by atoms with E-state index in [1.165, 1.54) is 17.8 Å². The SMILES string of the molecule is Cn1cc(CC(O)CO)c(=O)[nH]c1=O. The lowest BCUT2D eigenvalue weighted by molar-refractivity contribution is 0.0951. The normalized spacial score (nSPS) is 12.8. The zero-order valence-corrected chi connectivity index (χ0v) is 7.73. The lowest BCUT2D eigenvalue weighted by Gasteiger charge is -2.06. The van der Waals surface area contributed by atoms with E-state index in [-0.39, 0.29) is 12.0 Å². The summed E-state index contributed by atoms with van der Waals surface area (Å²) in [5.74, 6) is 0. The van der Waals surface area contributed by atoms with Crippen molar-refractivity contribution in [3.8, 4) is 0 Å². The Labute approximate surface area is 79.5 Å². The van der Waals surface area contributed by atoms with Crippen LogP contribution in [0.5, 0.6) is 0 Å². The zero-order valence-electron chi connectivity index (χ0n) is 7.73. The summed E-state index contributed by atoms with van der Waals surface area (Å²) < 4.78 is 1.21. The second-order valence-electron chi connectivity index (χ2n) is 3.07. The van der Waals surface area contributed by atoms with Crippen molar-refractivity contribution in [2.45, 2.75) is 12.5 Å². The minimum atomic E-state index is -0.978. The van der Waals surface area contributed by atoms with E-state index in [1.807, 2.05) is 0 Å². The fourth-order valence-corrected chi connectivity index (χ4v) is 1.08. The van der Waals surface area contributed by atoms with Crippen LogP contribution in [0.3, 0.4) is 0 Å². The number of aryl methyl sites for hydroxylation is 1. The second-order valence-corrected chi connectivity index (χ2v) is 3.07. The average molecular weight is 200 g/mol. The van der Waals surface area contributed by atoms with Gasteiger partial charge in [-0.25, -0.2) is 4.79 Å². The van der Waals surface area contributed by atoms with Gasteiger partial charge in [-0.3, -0.25) is 9.78 Å². The molecule has 1 heterocycles. The van der Waals surface area contributed by atoms with Gasteiger partial charge in [-0.05, 0) is 0 Å². The number of aliphatic hydroxyl groups is 2. The summed E-state index contributed by atoms with van der Waals surface area (Å²) in [7, 11) is 1.49. The highest BCUT2D eigenvalue weighted by atomic mass is 16.3. The molecule has 0 radical (unpaired) electrons. The summed E-state index contributed by atoms with van der Waals surface area (Å²) in [5.41, 5.74) is -0.758. The van der Waals surface area contributed by atoms with E-state index in [0.29, 0.717) is 0 Å². The van der Waals surface area contributed by atoms with E-state index in [0.717, 1.165) is 0 Å². The van der Waals surface area contributed by atoms with Gasteiger partial charge in [0.25, 0.3) is 5.56 Å². The topological polar surface area (TPSA) is 95.3 Å². The van der Waals surface area contributed by atoms with Crippen LogP contribution in [-0.2, 0) is 13.5 Å². The van der Waals surface area contributed by atoms with Gasteiger partial charge in [0.2, 0.25) is 0 Å². The first-order chi connectivity index (χ1) is 6.54. The molecule has 3 N–H and O–H groups in total. The number of hydrogen-bond acceptors (Lipinski definition) is 4. The third-order valence-corrected chi connectivity index (χ3v) is 1.85. The molecule has 0 fully saturated rings. The quantitative estimate of drug-likeness (QED) is 0.524. The molecule has 0 bridgehead atoms. The minimum Gasteiger partial charge on any atom is -0.394 e.